The molecule has 2 rings (SSSR count). The van der Waals surface area contributed by atoms with E-state index in [1.54, 1.807) is 5.57 Å². The Kier molecular flexibility index (Phi) is 3.33. The molecule has 2 fully saturated rings. The summed E-state index contributed by atoms with van der Waals surface area (Å²) in [7, 11) is 0. The molecule has 1 aliphatic heterocycles. The third-order valence-corrected chi connectivity index (χ3v) is 3.92. The largest absolute Gasteiger partial charge is 0.310 e. The molecule has 1 saturated heterocycles. The van der Waals surface area contributed by atoms with Gasteiger partial charge in [0.05, 0.1) is 0 Å². The Labute approximate surface area is 85.4 Å². The van der Waals surface area contributed by atoms with Crippen molar-refractivity contribution >= 4 is 11.8 Å². The molecule has 13 heavy (non-hydrogen) atoms. The molecule has 2 heteroatoms. The summed E-state index contributed by atoms with van der Waals surface area (Å²) in [6.45, 7) is 3.38. The van der Waals surface area contributed by atoms with Gasteiger partial charge in [0.2, 0.25) is 0 Å². The van der Waals surface area contributed by atoms with E-state index >= 15 is 0 Å². The van der Waals surface area contributed by atoms with Crippen LogP contribution in [0.5, 0.6) is 0 Å². The first kappa shape index (κ1) is 9.60. The molecule has 0 spiro atoms. The van der Waals surface area contributed by atoms with Crippen LogP contribution in [0.4, 0.5) is 0 Å². The second-order valence-corrected chi connectivity index (χ2v) is 5.44. The van der Waals surface area contributed by atoms with Crippen LogP contribution in [0.2, 0.25) is 0 Å². The molecule has 2 aliphatic rings. The van der Waals surface area contributed by atoms with Gasteiger partial charge >= 0.3 is 0 Å². The fourth-order valence-electron chi connectivity index (χ4n) is 1.74. The highest BCUT2D eigenvalue weighted by atomic mass is 32.2. The molecular formula is C11H19NS. The van der Waals surface area contributed by atoms with E-state index in [4.69, 9.17) is 0 Å². The van der Waals surface area contributed by atoms with Crippen molar-refractivity contribution in [1.29, 1.82) is 0 Å². The van der Waals surface area contributed by atoms with Crippen LogP contribution in [0.3, 0.4) is 0 Å². The van der Waals surface area contributed by atoms with Crippen molar-refractivity contribution in [1.82, 2.24) is 5.32 Å². The van der Waals surface area contributed by atoms with Crippen LogP contribution < -0.4 is 5.32 Å². The first-order valence-corrected chi connectivity index (χ1v) is 6.48. The Morgan fingerprint density at radius 1 is 1.46 bits per heavy atom. The molecule has 0 aromatic heterocycles. The molecule has 74 valence electrons. The third kappa shape index (κ3) is 3.35. The lowest BCUT2D eigenvalue weighted by Gasteiger charge is -2.06. The van der Waals surface area contributed by atoms with Crippen molar-refractivity contribution in [3.05, 3.63) is 11.6 Å². The van der Waals surface area contributed by atoms with Crippen LogP contribution >= 0.6 is 11.8 Å². The molecule has 0 aromatic rings. The molecule has 0 aromatic carbocycles. The van der Waals surface area contributed by atoms with E-state index in [-0.39, 0.29) is 0 Å². The van der Waals surface area contributed by atoms with Gasteiger partial charge in [-0.05, 0) is 43.6 Å². The molecule has 1 unspecified atom stereocenters. The van der Waals surface area contributed by atoms with Crippen LogP contribution in [-0.2, 0) is 0 Å². The standard InChI is InChI=1S/C11H19NS/c1-9(7-12-11-2-3-11)6-10-4-5-13-8-10/h6,10-12H,2-5,7-8H2,1H3. The summed E-state index contributed by atoms with van der Waals surface area (Å²) < 4.78 is 0. The highest BCUT2D eigenvalue weighted by molar-refractivity contribution is 7.99. The Morgan fingerprint density at radius 3 is 2.92 bits per heavy atom. The van der Waals surface area contributed by atoms with Gasteiger partial charge in [-0.15, -0.1) is 0 Å². The number of rotatable bonds is 4. The Balaban J connectivity index is 1.69. The van der Waals surface area contributed by atoms with E-state index in [1.165, 1.54) is 30.8 Å². The monoisotopic (exact) mass is 197 g/mol. The number of hydrogen-bond donors (Lipinski definition) is 1. The maximum Gasteiger partial charge on any atom is 0.0164 e. The molecule has 0 bridgehead atoms. The van der Waals surface area contributed by atoms with Gasteiger partial charge in [-0.2, -0.15) is 11.8 Å². The zero-order chi connectivity index (χ0) is 9.10. The van der Waals surface area contributed by atoms with Gasteiger partial charge in [0.15, 0.2) is 0 Å². The molecule has 1 saturated carbocycles. The smallest absolute Gasteiger partial charge is 0.0164 e. The van der Waals surface area contributed by atoms with Gasteiger partial charge in [0, 0.05) is 12.6 Å². The van der Waals surface area contributed by atoms with Gasteiger partial charge in [-0.3, -0.25) is 0 Å². The predicted molar refractivity (Wildman–Crippen MR) is 60.2 cm³/mol. The van der Waals surface area contributed by atoms with Crippen LogP contribution in [0, 0.1) is 5.92 Å². The van der Waals surface area contributed by atoms with Gasteiger partial charge in [-0.1, -0.05) is 11.6 Å². The Hall–Kier alpha value is 0.0500. The summed E-state index contributed by atoms with van der Waals surface area (Å²) in [4.78, 5) is 0. The van der Waals surface area contributed by atoms with Gasteiger partial charge < -0.3 is 5.32 Å². The molecule has 0 radical (unpaired) electrons. The number of hydrogen-bond acceptors (Lipinski definition) is 2. The molecular weight excluding hydrogens is 178 g/mol. The SMILES string of the molecule is CC(=CC1CCSC1)CNC1CC1. The molecule has 1 heterocycles. The van der Waals surface area contributed by atoms with Crippen molar-refractivity contribution in [3.8, 4) is 0 Å². The van der Waals surface area contributed by atoms with Crippen molar-refractivity contribution in [3.63, 3.8) is 0 Å². The maximum absolute atomic E-state index is 3.56. The average Bonchev–Trinajstić information content (AvgIpc) is 2.82. The second kappa shape index (κ2) is 4.52. The summed E-state index contributed by atoms with van der Waals surface area (Å²) in [5.74, 6) is 3.58. The zero-order valence-corrected chi connectivity index (χ0v) is 9.20. The number of allylic oxidation sites excluding steroid dienone is 1. The maximum atomic E-state index is 3.56. The average molecular weight is 197 g/mol. The van der Waals surface area contributed by atoms with E-state index in [0.29, 0.717) is 0 Å². The normalized spacial score (nSPS) is 29.6. The van der Waals surface area contributed by atoms with Crippen molar-refractivity contribution in [2.75, 3.05) is 18.1 Å². The van der Waals surface area contributed by atoms with Gasteiger partial charge in [0.25, 0.3) is 0 Å². The fourth-order valence-corrected chi connectivity index (χ4v) is 2.94. The van der Waals surface area contributed by atoms with Crippen molar-refractivity contribution in [2.45, 2.75) is 32.2 Å². The Morgan fingerprint density at radius 2 is 2.31 bits per heavy atom. The minimum atomic E-state index is 0.848. The van der Waals surface area contributed by atoms with E-state index in [1.807, 2.05) is 0 Å². The summed E-state index contributed by atoms with van der Waals surface area (Å²) in [6.07, 6.45) is 6.67. The molecule has 0 amide bonds. The van der Waals surface area contributed by atoms with Crippen LogP contribution in [0.1, 0.15) is 26.2 Å². The van der Waals surface area contributed by atoms with E-state index in [9.17, 15) is 0 Å². The minimum absolute atomic E-state index is 0.848. The number of thioether (sulfide) groups is 1. The lowest BCUT2D eigenvalue weighted by molar-refractivity contribution is 0.704. The van der Waals surface area contributed by atoms with Crippen LogP contribution in [0.15, 0.2) is 11.6 Å². The summed E-state index contributed by atoms with van der Waals surface area (Å²) in [5, 5.41) is 3.56. The first-order valence-electron chi connectivity index (χ1n) is 5.33. The zero-order valence-electron chi connectivity index (χ0n) is 8.38. The molecule has 1 atom stereocenters. The lowest BCUT2D eigenvalue weighted by Crippen LogP contribution is -2.18. The topological polar surface area (TPSA) is 12.0 Å². The van der Waals surface area contributed by atoms with E-state index in [2.05, 4.69) is 30.1 Å². The van der Waals surface area contributed by atoms with Crippen molar-refractivity contribution < 1.29 is 0 Å². The predicted octanol–water partition coefficient (Wildman–Crippen LogP) is 2.44. The van der Waals surface area contributed by atoms with Crippen molar-refractivity contribution in [2.24, 2.45) is 5.92 Å². The summed E-state index contributed by atoms with van der Waals surface area (Å²) in [6, 6.07) is 0.848. The Bertz CT molecular complexity index is 190. The quantitative estimate of drug-likeness (QED) is 0.695. The van der Waals surface area contributed by atoms with Crippen LogP contribution in [-0.4, -0.2) is 24.1 Å². The van der Waals surface area contributed by atoms with E-state index < -0.39 is 0 Å². The summed E-state index contributed by atoms with van der Waals surface area (Å²) in [5.41, 5.74) is 1.54. The van der Waals surface area contributed by atoms with Gasteiger partial charge in [-0.25, -0.2) is 0 Å². The van der Waals surface area contributed by atoms with Gasteiger partial charge in [0.1, 0.15) is 0 Å². The number of nitrogens with one attached hydrogen (secondary N) is 1. The highest BCUT2D eigenvalue weighted by Gasteiger charge is 2.20. The fraction of sp³-hybridized carbons (Fsp3) is 0.818. The van der Waals surface area contributed by atoms with E-state index in [0.717, 1.165) is 18.5 Å². The first-order chi connectivity index (χ1) is 6.34. The molecule has 1 N–H and O–H groups in total. The molecule has 1 aliphatic carbocycles. The minimum Gasteiger partial charge on any atom is -0.310 e. The lowest BCUT2D eigenvalue weighted by atomic mass is 10.1. The van der Waals surface area contributed by atoms with Crippen LogP contribution in [0.25, 0.3) is 0 Å². The highest BCUT2D eigenvalue weighted by Crippen LogP contribution is 2.25. The third-order valence-electron chi connectivity index (χ3n) is 2.73. The summed E-state index contributed by atoms with van der Waals surface area (Å²) >= 11 is 2.10. The second-order valence-electron chi connectivity index (χ2n) is 4.29. The molecule has 1 nitrogen and oxygen atoms in total.